The third-order valence-corrected chi connectivity index (χ3v) is 6.99. The van der Waals surface area contributed by atoms with E-state index >= 15 is 4.39 Å². The molecule has 2 heterocycles. The third kappa shape index (κ3) is 3.89. The molecular formula is C26H24FN3O4S. The fraction of sp³-hybridized carbons (Fsp3) is 0.269. The van der Waals surface area contributed by atoms with E-state index in [0.29, 0.717) is 18.4 Å². The van der Waals surface area contributed by atoms with E-state index in [9.17, 15) is 14.4 Å². The van der Waals surface area contributed by atoms with Gasteiger partial charge in [-0.25, -0.2) is 13.8 Å². The van der Waals surface area contributed by atoms with Crippen molar-refractivity contribution in [3.63, 3.8) is 0 Å². The van der Waals surface area contributed by atoms with Gasteiger partial charge >= 0.3 is 5.69 Å². The SMILES string of the molecule is Cc1ccc(SOc2c(C)c(=O)n(C)c3c2c(=O)n(C2CC2)c(=O)n3-c2ccc(C)cc2F)cc1. The standard InChI is InChI=1S/C26H24FN3O4S/c1-14-5-10-18(11-6-14)35-34-22-16(3)24(31)28(4)23-21(22)25(32)29(17-8-9-17)26(33)30(23)20-12-7-15(2)13-19(20)27/h5-7,10-13,17H,8-9H2,1-4H3. The monoisotopic (exact) mass is 493 g/mol. The molecule has 0 N–H and O–H groups in total. The first-order chi connectivity index (χ1) is 16.7. The summed E-state index contributed by atoms with van der Waals surface area (Å²) in [5, 5.41) is 0.0655. The fourth-order valence-corrected chi connectivity index (χ4v) is 4.85. The largest absolute Gasteiger partial charge is 0.419 e. The summed E-state index contributed by atoms with van der Waals surface area (Å²) in [7, 11) is 1.47. The molecule has 9 heteroatoms. The highest BCUT2D eigenvalue weighted by Crippen LogP contribution is 2.35. The van der Waals surface area contributed by atoms with Crippen LogP contribution in [0.3, 0.4) is 0 Å². The molecule has 0 amide bonds. The van der Waals surface area contributed by atoms with Crippen molar-refractivity contribution in [2.75, 3.05) is 0 Å². The third-order valence-electron chi connectivity index (χ3n) is 6.27. The predicted octanol–water partition coefficient (Wildman–Crippen LogP) is 4.34. The van der Waals surface area contributed by atoms with Gasteiger partial charge in [0.2, 0.25) is 0 Å². The van der Waals surface area contributed by atoms with Crippen molar-refractivity contribution in [1.29, 1.82) is 0 Å². The first kappa shape index (κ1) is 23.2. The Hall–Kier alpha value is -3.59. The van der Waals surface area contributed by atoms with Crippen LogP contribution in [-0.2, 0) is 7.05 Å². The lowest BCUT2D eigenvalue weighted by molar-refractivity contribution is 0.590. The average molecular weight is 494 g/mol. The van der Waals surface area contributed by atoms with Gasteiger partial charge in [0.1, 0.15) is 16.9 Å². The summed E-state index contributed by atoms with van der Waals surface area (Å²) in [5.74, 6) is -0.548. The number of fused-ring (bicyclic) bond motifs is 1. The molecule has 2 aromatic carbocycles. The molecule has 0 radical (unpaired) electrons. The molecule has 1 fully saturated rings. The molecule has 180 valence electrons. The minimum absolute atomic E-state index is 0.00485. The molecule has 35 heavy (non-hydrogen) atoms. The van der Waals surface area contributed by atoms with E-state index in [1.165, 1.54) is 23.7 Å². The van der Waals surface area contributed by atoms with E-state index in [1.807, 2.05) is 31.2 Å². The summed E-state index contributed by atoms with van der Waals surface area (Å²) in [6.45, 7) is 5.29. The van der Waals surface area contributed by atoms with Crippen LogP contribution in [0, 0.1) is 26.6 Å². The van der Waals surface area contributed by atoms with Gasteiger partial charge in [0.25, 0.3) is 11.1 Å². The molecule has 0 saturated heterocycles. The minimum Gasteiger partial charge on any atom is -0.419 e. The van der Waals surface area contributed by atoms with Crippen LogP contribution in [-0.4, -0.2) is 13.7 Å². The lowest BCUT2D eigenvalue weighted by Gasteiger charge is -2.19. The van der Waals surface area contributed by atoms with Gasteiger partial charge in [0.15, 0.2) is 5.75 Å². The highest BCUT2D eigenvalue weighted by molar-refractivity contribution is 7.95. The smallest absolute Gasteiger partial charge is 0.337 e. The molecule has 0 spiro atoms. The Morgan fingerprint density at radius 3 is 2.23 bits per heavy atom. The number of hydrogen-bond donors (Lipinski definition) is 0. The van der Waals surface area contributed by atoms with E-state index in [4.69, 9.17) is 4.18 Å². The number of nitrogens with zero attached hydrogens (tertiary/aromatic N) is 3. The maximum Gasteiger partial charge on any atom is 0.337 e. The highest BCUT2D eigenvalue weighted by Gasteiger charge is 2.32. The minimum atomic E-state index is -0.677. The zero-order chi connectivity index (χ0) is 25.0. The summed E-state index contributed by atoms with van der Waals surface area (Å²) < 4.78 is 24.6. The molecule has 0 atom stereocenters. The first-order valence-electron chi connectivity index (χ1n) is 11.3. The first-order valence-corrected chi connectivity index (χ1v) is 12.0. The van der Waals surface area contributed by atoms with E-state index in [1.54, 1.807) is 19.9 Å². The molecule has 1 aliphatic rings. The summed E-state index contributed by atoms with van der Waals surface area (Å²) in [4.78, 5) is 41.3. The van der Waals surface area contributed by atoms with Crippen molar-refractivity contribution in [3.8, 4) is 11.4 Å². The second-order valence-corrected chi connectivity index (χ2v) is 9.78. The van der Waals surface area contributed by atoms with Crippen molar-refractivity contribution < 1.29 is 8.57 Å². The fourth-order valence-electron chi connectivity index (χ4n) is 4.21. The highest BCUT2D eigenvalue weighted by atomic mass is 32.2. The molecule has 5 rings (SSSR count). The molecule has 0 aliphatic heterocycles. The van der Waals surface area contributed by atoms with Crippen LogP contribution < -0.4 is 21.0 Å². The van der Waals surface area contributed by atoms with Crippen LogP contribution in [0.25, 0.3) is 16.7 Å². The molecule has 2 aromatic heterocycles. The quantitative estimate of drug-likeness (QED) is 0.387. The number of aromatic nitrogens is 3. The second kappa shape index (κ2) is 8.57. The van der Waals surface area contributed by atoms with Crippen molar-refractivity contribution in [2.45, 2.75) is 44.6 Å². The number of benzene rings is 2. The zero-order valence-corrected chi connectivity index (χ0v) is 20.6. The molecule has 1 aliphatic carbocycles. The van der Waals surface area contributed by atoms with Crippen LogP contribution in [0.15, 0.2) is 61.7 Å². The normalized spacial score (nSPS) is 13.4. The molecule has 7 nitrogen and oxygen atoms in total. The summed E-state index contributed by atoms with van der Waals surface area (Å²) in [5.41, 5.74) is 0.294. The molecule has 0 unspecified atom stereocenters. The number of hydrogen-bond acceptors (Lipinski definition) is 5. The maximum absolute atomic E-state index is 15.1. The average Bonchev–Trinajstić information content (AvgIpc) is 3.65. The van der Waals surface area contributed by atoms with Crippen LogP contribution in [0.1, 0.15) is 35.6 Å². The van der Waals surface area contributed by atoms with Crippen LogP contribution in [0.5, 0.6) is 5.75 Å². The Bertz CT molecular complexity index is 1660. The Kier molecular flexibility index (Phi) is 5.67. The molecule has 1 saturated carbocycles. The van der Waals surface area contributed by atoms with Gasteiger partial charge in [-0.3, -0.25) is 18.7 Å². The van der Waals surface area contributed by atoms with E-state index in [-0.39, 0.29) is 34.1 Å². The van der Waals surface area contributed by atoms with Gasteiger partial charge in [-0.2, -0.15) is 0 Å². The van der Waals surface area contributed by atoms with Gasteiger partial charge < -0.3 is 4.18 Å². The van der Waals surface area contributed by atoms with Crippen molar-refractivity contribution >= 4 is 23.1 Å². The number of pyridine rings is 1. The van der Waals surface area contributed by atoms with E-state index < -0.39 is 22.6 Å². The maximum atomic E-state index is 15.1. The number of rotatable bonds is 5. The zero-order valence-electron chi connectivity index (χ0n) is 19.8. The van der Waals surface area contributed by atoms with Gasteiger partial charge in [0.05, 0.1) is 23.3 Å². The van der Waals surface area contributed by atoms with Gasteiger partial charge in [-0.05, 0) is 63.4 Å². The summed E-state index contributed by atoms with van der Waals surface area (Å²) in [6, 6.07) is 11.8. The van der Waals surface area contributed by atoms with E-state index in [0.717, 1.165) is 31.6 Å². The Labute approximate surface area is 204 Å². The summed E-state index contributed by atoms with van der Waals surface area (Å²) >= 11 is 1.02. The Morgan fingerprint density at radius 1 is 0.943 bits per heavy atom. The van der Waals surface area contributed by atoms with Gasteiger partial charge in [0, 0.05) is 18.0 Å². The predicted molar refractivity (Wildman–Crippen MR) is 134 cm³/mol. The second-order valence-electron chi connectivity index (χ2n) is 8.98. The van der Waals surface area contributed by atoms with Gasteiger partial charge in [-0.1, -0.05) is 23.8 Å². The van der Waals surface area contributed by atoms with Crippen molar-refractivity contribution in [3.05, 3.63) is 96.2 Å². The van der Waals surface area contributed by atoms with E-state index in [2.05, 4.69) is 0 Å². The molecule has 4 aromatic rings. The van der Waals surface area contributed by atoms with Crippen LogP contribution >= 0.6 is 12.0 Å². The topological polar surface area (TPSA) is 75.2 Å². The van der Waals surface area contributed by atoms with Crippen LogP contribution in [0.2, 0.25) is 0 Å². The number of halogens is 1. The number of aryl methyl sites for hydroxylation is 3. The Morgan fingerprint density at radius 2 is 1.60 bits per heavy atom. The lowest BCUT2D eigenvalue weighted by Crippen LogP contribution is -2.41. The summed E-state index contributed by atoms with van der Waals surface area (Å²) in [6.07, 6.45) is 1.35. The Balaban J connectivity index is 1.86. The van der Waals surface area contributed by atoms with Crippen molar-refractivity contribution in [1.82, 2.24) is 13.7 Å². The van der Waals surface area contributed by atoms with Crippen LogP contribution in [0.4, 0.5) is 4.39 Å². The van der Waals surface area contributed by atoms with Crippen molar-refractivity contribution in [2.24, 2.45) is 7.05 Å². The lowest BCUT2D eigenvalue weighted by atomic mass is 10.2. The molecule has 0 bridgehead atoms. The van der Waals surface area contributed by atoms with Gasteiger partial charge in [-0.15, -0.1) is 0 Å². The molecular weight excluding hydrogens is 469 g/mol.